The summed E-state index contributed by atoms with van der Waals surface area (Å²) in [5, 5.41) is 0. The highest BCUT2D eigenvalue weighted by atomic mass is 19.1. The number of hydrogen-bond acceptors (Lipinski definition) is 2. The molecule has 0 aliphatic heterocycles. The molecule has 0 N–H and O–H groups in total. The third-order valence-electron chi connectivity index (χ3n) is 2.54. The Morgan fingerprint density at radius 1 is 1.47 bits per heavy atom. The Hall–Kier alpha value is -1.22. The van der Waals surface area contributed by atoms with E-state index in [0.717, 1.165) is 12.9 Å². The second-order valence-corrected chi connectivity index (χ2v) is 3.92. The zero-order valence-electron chi connectivity index (χ0n) is 8.41. The van der Waals surface area contributed by atoms with Gasteiger partial charge in [0.25, 0.3) is 0 Å². The first-order valence-electron chi connectivity index (χ1n) is 5.11. The van der Waals surface area contributed by atoms with Crippen molar-refractivity contribution in [3.8, 4) is 0 Å². The van der Waals surface area contributed by atoms with E-state index in [0.29, 0.717) is 23.7 Å². The molecule has 1 fully saturated rings. The molecule has 0 aromatic heterocycles. The van der Waals surface area contributed by atoms with Crippen LogP contribution >= 0.6 is 0 Å². The van der Waals surface area contributed by atoms with E-state index >= 15 is 0 Å². The van der Waals surface area contributed by atoms with Crippen LogP contribution in [0.3, 0.4) is 0 Å². The quantitative estimate of drug-likeness (QED) is 0.695. The van der Waals surface area contributed by atoms with Gasteiger partial charge in [-0.05, 0) is 42.5 Å². The number of rotatable bonds is 5. The fraction of sp³-hybridized carbons (Fsp3) is 0.417. The smallest absolute Gasteiger partial charge is 0.150 e. The van der Waals surface area contributed by atoms with Crippen LogP contribution < -0.4 is 0 Å². The van der Waals surface area contributed by atoms with Gasteiger partial charge in [-0.2, -0.15) is 0 Å². The Morgan fingerprint density at radius 3 is 2.93 bits per heavy atom. The topological polar surface area (TPSA) is 26.3 Å². The van der Waals surface area contributed by atoms with Crippen molar-refractivity contribution in [1.82, 2.24) is 0 Å². The van der Waals surface area contributed by atoms with Crippen molar-refractivity contribution in [3.63, 3.8) is 0 Å². The first kappa shape index (κ1) is 10.3. The molecule has 1 aliphatic rings. The van der Waals surface area contributed by atoms with Crippen molar-refractivity contribution < 1.29 is 13.9 Å². The van der Waals surface area contributed by atoms with Crippen molar-refractivity contribution >= 4 is 6.29 Å². The van der Waals surface area contributed by atoms with Gasteiger partial charge in [0.05, 0.1) is 6.61 Å². The predicted octanol–water partition coefficient (Wildman–Crippen LogP) is 2.56. The Morgan fingerprint density at radius 2 is 2.27 bits per heavy atom. The number of halogens is 1. The molecule has 0 atom stereocenters. The van der Waals surface area contributed by atoms with Crippen LogP contribution in [-0.2, 0) is 11.3 Å². The molecule has 0 radical (unpaired) electrons. The van der Waals surface area contributed by atoms with E-state index in [1.807, 2.05) is 0 Å². The van der Waals surface area contributed by atoms with Crippen LogP contribution in [0.25, 0.3) is 0 Å². The molecule has 1 aliphatic carbocycles. The van der Waals surface area contributed by atoms with Gasteiger partial charge < -0.3 is 4.74 Å². The van der Waals surface area contributed by atoms with Gasteiger partial charge in [0, 0.05) is 12.2 Å². The van der Waals surface area contributed by atoms with Gasteiger partial charge in [0.15, 0.2) is 0 Å². The monoisotopic (exact) mass is 208 g/mol. The van der Waals surface area contributed by atoms with Crippen LogP contribution in [0.2, 0.25) is 0 Å². The van der Waals surface area contributed by atoms with Crippen molar-refractivity contribution in [3.05, 3.63) is 35.1 Å². The molecule has 0 unspecified atom stereocenters. The number of benzene rings is 1. The van der Waals surface area contributed by atoms with E-state index in [9.17, 15) is 9.18 Å². The highest BCUT2D eigenvalue weighted by Gasteiger charge is 2.21. The Kier molecular flexibility index (Phi) is 3.11. The van der Waals surface area contributed by atoms with Crippen LogP contribution in [0, 0.1) is 11.7 Å². The van der Waals surface area contributed by atoms with Gasteiger partial charge in [0.1, 0.15) is 12.1 Å². The number of ether oxygens (including phenoxy) is 1. The molecule has 2 nitrogen and oxygen atoms in total. The lowest BCUT2D eigenvalue weighted by atomic mass is 10.1. The second-order valence-electron chi connectivity index (χ2n) is 3.92. The summed E-state index contributed by atoms with van der Waals surface area (Å²) in [6.07, 6.45) is 3.18. The SMILES string of the molecule is O=Cc1ccc(F)cc1COCC1CC1. The predicted molar refractivity (Wildman–Crippen MR) is 54.2 cm³/mol. The minimum atomic E-state index is -0.328. The van der Waals surface area contributed by atoms with E-state index < -0.39 is 0 Å². The maximum atomic E-state index is 12.9. The van der Waals surface area contributed by atoms with Crippen LogP contribution in [0.5, 0.6) is 0 Å². The molecule has 3 heteroatoms. The number of aldehydes is 1. The van der Waals surface area contributed by atoms with E-state index in [1.54, 1.807) is 0 Å². The summed E-state index contributed by atoms with van der Waals surface area (Å²) in [6.45, 7) is 1.04. The summed E-state index contributed by atoms with van der Waals surface area (Å²) in [5.41, 5.74) is 1.14. The molecule has 15 heavy (non-hydrogen) atoms. The molecule has 2 rings (SSSR count). The Bertz CT molecular complexity index is 359. The third-order valence-corrected chi connectivity index (χ3v) is 2.54. The molecule has 80 valence electrons. The molecule has 0 spiro atoms. The molecule has 0 bridgehead atoms. The normalized spacial score (nSPS) is 15.3. The Balaban J connectivity index is 1.97. The van der Waals surface area contributed by atoms with Crippen molar-refractivity contribution in [2.75, 3.05) is 6.61 Å². The third kappa shape index (κ3) is 2.86. The molecular formula is C12H13FO2. The van der Waals surface area contributed by atoms with Crippen molar-refractivity contribution in [2.45, 2.75) is 19.4 Å². The lowest BCUT2D eigenvalue weighted by Gasteiger charge is -2.05. The van der Waals surface area contributed by atoms with E-state index in [1.165, 1.54) is 31.0 Å². The minimum Gasteiger partial charge on any atom is -0.376 e. The van der Waals surface area contributed by atoms with Gasteiger partial charge in [-0.25, -0.2) is 4.39 Å². The fourth-order valence-electron chi connectivity index (χ4n) is 1.43. The van der Waals surface area contributed by atoms with Crippen LogP contribution in [0.15, 0.2) is 18.2 Å². The summed E-state index contributed by atoms with van der Waals surface area (Å²) in [4.78, 5) is 10.7. The fourth-order valence-corrected chi connectivity index (χ4v) is 1.43. The standard InChI is InChI=1S/C12H13FO2/c13-12-4-3-10(6-14)11(5-12)8-15-7-9-1-2-9/h3-6,9H,1-2,7-8H2. The van der Waals surface area contributed by atoms with Gasteiger partial charge in [-0.15, -0.1) is 0 Å². The van der Waals surface area contributed by atoms with Crippen molar-refractivity contribution in [2.24, 2.45) is 5.92 Å². The summed E-state index contributed by atoms with van der Waals surface area (Å²) >= 11 is 0. The summed E-state index contributed by atoms with van der Waals surface area (Å²) < 4.78 is 18.3. The molecule has 1 aromatic rings. The van der Waals surface area contributed by atoms with Gasteiger partial charge in [-0.3, -0.25) is 4.79 Å². The lowest BCUT2D eigenvalue weighted by molar-refractivity contribution is 0.106. The highest BCUT2D eigenvalue weighted by molar-refractivity contribution is 5.77. The molecular weight excluding hydrogens is 195 g/mol. The van der Waals surface area contributed by atoms with Crippen LogP contribution in [-0.4, -0.2) is 12.9 Å². The molecule has 1 saturated carbocycles. The van der Waals surface area contributed by atoms with E-state index in [4.69, 9.17) is 4.74 Å². The molecule has 0 heterocycles. The number of carbonyl (C=O) groups excluding carboxylic acids is 1. The average molecular weight is 208 g/mol. The van der Waals surface area contributed by atoms with Crippen LogP contribution in [0.4, 0.5) is 4.39 Å². The largest absolute Gasteiger partial charge is 0.376 e. The summed E-state index contributed by atoms with van der Waals surface area (Å²) in [6, 6.07) is 4.13. The summed E-state index contributed by atoms with van der Waals surface area (Å²) in [7, 11) is 0. The average Bonchev–Trinajstić information content (AvgIpc) is 3.02. The van der Waals surface area contributed by atoms with Crippen LogP contribution in [0.1, 0.15) is 28.8 Å². The van der Waals surface area contributed by atoms with Crippen molar-refractivity contribution in [1.29, 1.82) is 0 Å². The number of carbonyl (C=O) groups is 1. The Labute approximate surface area is 88.1 Å². The van der Waals surface area contributed by atoms with Gasteiger partial charge >= 0.3 is 0 Å². The molecule has 0 saturated heterocycles. The van der Waals surface area contributed by atoms with Gasteiger partial charge in [0.2, 0.25) is 0 Å². The first-order valence-corrected chi connectivity index (χ1v) is 5.11. The molecule has 0 amide bonds. The summed E-state index contributed by atoms with van der Waals surface area (Å²) in [5.74, 6) is 0.351. The highest BCUT2D eigenvalue weighted by Crippen LogP contribution is 2.29. The van der Waals surface area contributed by atoms with E-state index in [2.05, 4.69) is 0 Å². The maximum Gasteiger partial charge on any atom is 0.150 e. The first-order chi connectivity index (χ1) is 7.29. The zero-order valence-corrected chi connectivity index (χ0v) is 8.41. The van der Waals surface area contributed by atoms with Gasteiger partial charge in [-0.1, -0.05) is 0 Å². The lowest BCUT2D eigenvalue weighted by Crippen LogP contribution is -2.00. The van der Waals surface area contributed by atoms with E-state index in [-0.39, 0.29) is 5.82 Å². The minimum absolute atomic E-state index is 0.322. The zero-order chi connectivity index (χ0) is 10.7. The maximum absolute atomic E-state index is 12.9. The number of hydrogen-bond donors (Lipinski definition) is 0. The molecule has 1 aromatic carbocycles. The second kappa shape index (κ2) is 4.53.